The van der Waals surface area contributed by atoms with E-state index in [0.29, 0.717) is 11.8 Å². The molecule has 0 fully saturated rings. The molecular weight excluding hydrogens is 420 g/mol. The van der Waals surface area contributed by atoms with E-state index in [1.54, 1.807) is 11.3 Å². The van der Waals surface area contributed by atoms with Gasteiger partial charge in [0.15, 0.2) is 0 Å². The van der Waals surface area contributed by atoms with E-state index in [4.69, 9.17) is 6.35 Å². The third-order valence-electron chi connectivity index (χ3n) is 6.52. The second-order valence-electron chi connectivity index (χ2n) is 9.71. The first kappa shape index (κ1) is 20.7. The van der Waals surface area contributed by atoms with Gasteiger partial charge in [0.2, 0.25) is 0 Å². The molecule has 0 aliphatic rings. The number of benzene rings is 3. The Bertz CT molecular complexity index is 1470. The Balaban J connectivity index is 1.86. The number of aromatic nitrogens is 2. The van der Waals surface area contributed by atoms with Crippen LogP contribution in [0, 0.1) is 0 Å². The highest BCUT2D eigenvalue weighted by molar-refractivity contribution is 7.17. The molecule has 0 N–H and O–H groups in total. The minimum atomic E-state index is -0.617. The third kappa shape index (κ3) is 3.69. The van der Waals surface area contributed by atoms with Crippen LogP contribution >= 0.6 is 11.3 Å². The summed E-state index contributed by atoms with van der Waals surface area (Å²) in [5.41, 5.74) is 8.28. The summed E-state index contributed by atoms with van der Waals surface area (Å²) < 4.78 is 12.0. The minimum Gasteiger partial charge on any atom is -0.292 e. The molecular formula is C30H32N2S. The maximum absolute atomic E-state index is 8.45. The number of imidazole rings is 1. The molecule has 0 bridgehead atoms. The third-order valence-corrected chi connectivity index (χ3v) is 7.47. The fourth-order valence-corrected chi connectivity index (χ4v) is 5.69. The molecule has 0 saturated carbocycles. The van der Waals surface area contributed by atoms with Gasteiger partial charge in [0, 0.05) is 22.4 Å². The summed E-state index contributed by atoms with van der Waals surface area (Å²) in [6.45, 7) is 13.0. The van der Waals surface area contributed by atoms with Crippen molar-refractivity contribution >= 4 is 32.5 Å². The Morgan fingerprint density at radius 1 is 0.848 bits per heavy atom. The van der Waals surface area contributed by atoms with Gasteiger partial charge < -0.3 is 0 Å². The van der Waals surface area contributed by atoms with Crippen molar-refractivity contribution in [3.05, 3.63) is 82.7 Å². The van der Waals surface area contributed by atoms with Crippen LogP contribution in [0.25, 0.3) is 38.2 Å². The number of hydrogen-bond donors (Lipinski definition) is 0. The lowest BCUT2D eigenvalue weighted by atomic mass is 9.92. The van der Waals surface area contributed by atoms with Crippen LogP contribution in [0.1, 0.15) is 77.3 Å². The molecule has 0 atom stereocenters. The number of para-hydroxylation sites is 3. The SMILES string of the molecule is [2H]C(C)(C)c1ccc2c(-c3nc4ccccc4n3-c3c(C(C)C)cccc3C(C)C)csc2c1. The average Bonchev–Trinajstić information content (AvgIpc) is 3.38. The molecule has 0 saturated heterocycles. The molecule has 0 aliphatic carbocycles. The Kier molecular flexibility index (Phi) is 5.30. The Morgan fingerprint density at radius 3 is 2.21 bits per heavy atom. The largest absolute Gasteiger partial charge is 0.292 e. The summed E-state index contributed by atoms with van der Waals surface area (Å²) in [4.78, 5) is 5.19. The van der Waals surface area contributed by atoms with Crippen molar-refractivity contribution < 1.29 is 1.37 Å². The van der Waals surface area contributed by atoms with E-state index >= 15 is 0 Å². The summed E-state index contributed by atoms with van der Waals surface area (Å²) in [7, 11) is 0. The lowest BCUT2D eigenvalue weighted by Gasteiger charge is -2.22. The van der Waals surface area contributed by atoms with E-state index in [2.05, 4.69) is 98.3 Å². The van der Waals surface area contributed by atoms with Gasteiger partial charge in [-0.15, -0.1) is 11.3 Å². The second-order valence-corrected chi connectivity index (χ2v) is 10.6. The maximum Gasteiger partial charge on any atom is 0.147 e. The summed E-state index contributed by atoms with van der Waals surface area (Å²) in [6, 6.07) is 21.6. The first-order valence-electron chi connectivity index (χ1n) is 12.3. The van der Waals surface area contributed by atoms with Gasteiger partial charge in [-0.1, -0.05) is 84.0 Å². The van der Waals surface area contributed by atoms with Gasteiger partial charge in [-0.2, -0.15) is 0 Å². The molecule has 0 radical (unpaired) electrons. The van der Waals surface area contributed by atoms with Crippen LogP contribution in [0.5, 0.6) is 0 Å². The van der Waals surface area contributed by atoms with Crippen LogP contribution < -0.4 is 0 Å². The zero-order valence-corrected chi connectivity index (χ0v) is 21.1. The molecule has 5 aromatic rings. The van der Waals surface area contributed by atoms with Crippen molar-refractivity contribution in [1.29, 1.82) is 0 Å². The molecule has 3 aromatic carbocycles. The number of rotatable bonds is 5. The van der Waals surface area contributed by atoms with E-state index in [9.17, 15) is 0 Å². The topological polar surface area (TPSA) is 17.8 Å². The van der Waals surface area contributed by atoms with Gasteiger partial charge in [-0.25, -0.2) is 4.98 Å². The highest BCUT2D eigenvalue weighted by atomic mass is 32.1. The van der Waals surface area contributed by atoms with Gasteiger partial charge in [-0.05, 0) is 52.6 Å². The molecule has 3 heteroatoms. The lowest BCUT2D eigenvalue weighted by molar-refractivity contribution is 0.811. The molecule has 0 unspecified atom stereocenters. The molecule has 2 heterocycles. The Hall–Kier alpha value is -2.91. The van der Waals surface area contributed by atoms with Crippen molar-refractivity contribution in [3.8, 4) is 17.1 Å². The molecule has 0 spiro atoms. The average molecular weight is 454 g/mol. The normalized spacial score (nSPS) is 12.9. The molecule has 2 nitrogen and oxygen atoms in total. The van der Waals surface area contributed by atoms with Crippen LogP contribution in [0.4, 0.5) is 0 Å². The van der Waals surface area contributed by atoms with Crippen molar-refractivity contribution in [2.75, 3.05) is 0 Å². The van der Waals surface area contributed by atoms with E-state index in [1.807, 2.05) is 13.8 Å². The standard InChI is InChI=1S/C30H32N2S/c1-18(2)21-14-15-24-25(17-33-28(24)16-21)30-31-26-12-7-8-13-27(26)32(30)29-22(19(3)4)10-9-11-23(29)20(5)6/h7-20H,1-6H3/i18D. The van der Waals surface area contributed by atoms with Crippen LogP contribution in [-0.4, -0.2) is 9.55 Å². The summed E-state index contributed by atoms with van der Waals surface area (Å²) in [5.74, 6) is 1.15. The van der Waals surface area contributed by atoms with Gasteiger partial charge in [0.25, 0.3) is 0 Å². The number of nitrogens with zero attached hydrogens (tertiary/aromatic N) is 2. The Labute approximate surface area is 202 Å². The summed E-state index contributed by atoms with van der Waals surface area (Å²) >= 11 is 1.74. The zero-order chi connectivity index (χ0) is 24.2. The van der Waals surface area contributed by atoms with Crippen molar-refractivity contribution in [1.82, 2.24) is 9.55 Å². The molecule has 5 rings (SSSR count). The van der Waals surface area contributed by atoms with Crippen LogP contribution in [0.15, 0.2) is 66.0 Å². The fraction of sp³-hybridized carbons (Fsp3) is 0.300. The van der Waals surface area contributed by atoms with Crippen LogP contribution in [0.3, 0.4) is 0 Å². The second kappa shape index (κ2) is 8.46. The van der Waals surface area contributed by atoms with Crippen molar-refractivity contribution in [3.63, 3.8) is 0 Å². The molecule has 2 aromatic heterocycles. The van der Waals surface area contributed by atoms with E-state index in [0.717, 1.165) is 28.0 Å². The van der Waals surface area contributed by atoms with Gasteiger partial charge >= 0.3 is 0 Å². The first-order valence-corrected chi connectivity index (χ1v) is 12.7. The van der Waals surface area contributed by atoms with E-state index < -0.39 is 5.89 Å². The monoisotopic (exact) mass is 453 g/mol. The highest BCUT2D eigenvalue weighted by Gasteiger charge is 2.23. The van der Waals surface area contributed by atoms with Crippen LogP contribution in [-0.2, 0) is 0 Å². The fourth-order valence-electron chi connectivity index (χ4n) is 4.72. The molecule has 33 heavy (non-hydrogen) atoms. The maximum atomic E-state index is 8.45. The first-order chi connectivity index (χ1) is 16.2. The van der Waals surface area contributed by atoms with Crippen molar-refractivity contribution in [2.24, 2.45) is 0 Å². The Morgan fingerprint density at radius 2 is 1.55 bits per heavy atom. The van der Waals surface area contributed by atoms with Gasteiger partial charge in [-0.3, -0.25) is 4.57 Å². The summed E-state index contributed by atoms with van der Waals surface area (Å²) in [6.07, 6.45) is 0. The number of hydrogen-bond acceptors (Lipinski definition) is 2. The highest BCUT2D eigenvalue weighted by Crippen LogP contribution is 2.41. The number of thiophene rings is 1. The molecule has 168 valence electrons. The van der Waals surface area contributed by atoms with E-state index in [-0.39, 0.29) is 0 Å². The molecule has 0 amide bonds. The minimum absolute atomic E-state index is 0.392. The van der Waals surface area contributed by atoms with Gasteiger partial charge in [0.1, 0.15) is 5.82 Å². The van der Waals surface area contributed by atoms with Crippen LogP contribution in [0.2, 0.25) is 0 Å². The predicted molar refractivity (Wildman–Crippen MR) is 144 cm³/mol. The smallest absolute Gasteiger partial charge is 0.147 e. The van der Waals surface area contributed by atoms with Gasteiger partial charge in [0.05, 0.1) is 16.7 Å². The van der Waals surface area contributed by atoms with E-state index in [1.165, 1.54) is 26.9 Å². The quantitative estimate of drug-likeness (QED) is 0.259. The number of fused-ring (bicyclic) bond motifs is 2. The lowest BCUT2D eigenvalue weighted by Crippen LogP contribution is -2.08. The summed E-state index contributed by atoms with van der Waals surface area (Å²) in [5, 5.41) is 3.43. The molecule has 0 aliphatic heterocycles. The predicted octanol–water partition coefficient (Wildman–Crippen LogP) is 9.28. The van der Waals surface area contributed by atoms with Crippen molar-refractivity contribution in [2.45, 2.75) is 59.3 Å². The zero-order valence-electron chi connectivity index (χ0n) is 21.3.